The lowest BCUT2D eigenvalue weighted by Gasteiger charge is -2.15. The molecule has 0 aliphatic rings. The Bertz CT molecular complexity index is 402. The number of carbonyl (C=O) groups excluding carboxylic acids is 2. The first-order valence-corrected chi connectivity index (χ1v) is 5.14. The minimum Gasteiger partial charge on any atom is -0.450 e. The third-order valence-electron chi connectivity index (χ3n) is 1.86. The van der Waals surface area contributed by atoms with Crippen LogP contribution in [0.4, 0.5) is 10.6 Å². The van der Waals surface area contributed by atoms with Crippen LogP contribution in [-0.4, -0.2) is 42.3 Å². The monoisotopic (exact) mass is 241 g/mol. The number of aromatic nitrogens is 1. The maximum Gasteiger partial charge on any atom is 0.409 e. The molecular weight excluding hydrogens is 226 g/mol. The summed E-state index contributed by atoms with van der Waals surface area (Å²) in [6, 6.07) is 1.59. The van der Waals surface area contributed by atoms with Gasteiger partial charge in [0.25, 0.3) is 0 Å². The van der Waals surface area contributed by atoms with Gasteiger partial charge >= 0.3 is 6.09 Å². The first-order valence-electron chi connectivity index (χ1n) is 5.14. The van der Waals surface area contributed by atoms with Crippen molar-refractivity contribution in [1.82, 2.24) is 10.1 Å². The Hall–Kier alpha value is -2.05. The fourth-order valence-corrected chi connectivity index (χ4v) is 1.12. The number of carbonyl (C=O) groups is 2. The summed E-state index contributed by atoms with van der Waals surface area (Å²) < 4.78 is 9.52. The van der Waals surface area contributed by atoms with Crippen LogP contribution in [0.1, 0.15) is 12.7 Å². The van der Waals surface area contributed by atoms with Gasteiger partial charge in [0.15, 0.2) is 5.82 Å². The molecule has 0 aromatic carbocycles. The minimum absolute atomic E-state index is 0.106. The van der Waals surface area contributed by atoms with E-state index in [9.17, 15) is 9.59 Å². The van der Waals surface area contributed by atoms with Crippen LogP contribution in [0.25, 0.3) is 0 Å². The molecule has 7 nitrogen and oxygen atoms in total. The van der Waals surface area contributed by atoms with E-state index < -0.39 is 6.09 Å². The van der Waals surface area contributed by atoms with Gasteiger partial charge in [-0.05, 0) is 13.8 Å². The van der Waals surface area contributed by atoms with Gasteiger partial charge in [-0.1, -0.05) is 5.16 Å². The number of nitrogens with one attached hydrogen (secondary N) is 1. The zero-order valence-electron chi connectivity index (χ0n) is 10.0. The molecule has 7 heteroatoms. The standard InChI is InChI=1S/C10H15N3O4/c1-4-16-10(15)13(3)6-9(14)11-8-5-7(2)17-12-8/h5H,4,6H2,1-3H3,(H,11,12,14). The molecule has 0 saturated carbocycles. The van der Waals surface area contributed by atoms with Crippen molar-refractivity contribution in [3.8, 4) is 0 Å². The van der Waals surface area contributed by atoms with Crippen LogP contribution in [0.3, 0.4) is 0 Å². The van der Waals surface area contributed by atoms with E-state index in [1.54, 1.807) is 19.9 Å². The fraction of sp³-hybridized carbons (Fsp3) is 0.500. The minimum atomic E-state index is -0.543. The second-order valence-electron chi connectivity index (χ2n) is 3.43. The predicted molar refractivity (Wildman–Crippen MR) is 59.5 cm³/mol. The van der Waals surface area contributed by atoms with Gasteiger partial charge in [0.2, 0.25) is 5.91 Å². The summed E-state index contributed by atoms with van der Waals surface area (Å²) in [7, 11) is 1.48. The largest absolute Gasteiger partial charge is 0.450 e. The van der Waals surface area contributed by atoms with Crippen LogP contribution < -0.4 is 5.32 Å². The number of hydrogen-bond acceptors (Lipinski definition) is 5. The number of likely N-dealkylation sites (N-methyl/N-ethyl adjacent to an activating group) is 1. The van der Waals surface area contributed by atoms with Crippen molar-refractivity contribution in [3.63, 3.8) is 0 Å². The van der Waals surface area contributed by atoms with Crippen molar-refractivity contribution >= 4 is 17.8 Å². The Labute approximate surface area is 98.7 Å². The van der Waals surface area contributed by atoms with E-state index in [1.807, 2.05) is 0 Å². The number of amides is 2. The molecule has 1 aromatic heterocycles. The number of hydrogen-bond donors (Lipinski definition) is 1. The summed E-state index contributed by atoms with van der Waals surface area (Å²) >= 11 is 0. The lowest BCUT2D eigenvalue weighted by molar-refractivity contribution is -0.116. The average Bonchev–Trinajstić information content (AvgIpc) is 2.64. The number of rotatable bonds is 4. The number of nitrogens with zero attached hydrogens (tertiary/aromatic N) is 2. The van der Waals surface area contributed by atoms with Crippen LogP contribution >= 0.6 is 0 Å². The van der Waals surface area contributed by atoms with Crippen LogP contribution in [0.15, 0.2) is 10.6 Å². The van der Waals surface area contributed by atoms with Crippen LogP contribution in [0, 0.1) is 6.92 Å². The van der Waals surface area contributed by atoms with Gasteiger partial charge in [-0.3, -0.25) is 4.79 Å². The van der Waals surface area contributed by atoms with Crippen molar-refractivity contribution in [2.45, 2.75) is 13.8 Å². The summed E-state index contributed by atoms with van der Waals surface area (Å²) in [6.07, 6.45) is -0.543. The molecule has 1 N–H and O–H groups in total. The van der Waals surface area contributed by atoms with Crippen molar-refractivity contribution in [1.29, 1.82) is 0 Å². The van der Waals surface area contributed by atoms with Gasteiger partial charge < -0.3 is 19.5 Å². The van der Waals surface area contributed by atoms with Gasteiger partial charge in [-0.15, -0.1) is 0 Å². The molecule has 94 valence electrons. The SMILES string of the molecule is CCOC(=O)N(C)CC(=O)Nc1cc(C)on1. The van der Waals surface area contributed by atoms with Crippen molar-refractivity contribution in [3.05, 3.63) is 11.8 Å². The Morgan fingerprint density at radius 3 is 2.82 bits per heavy atom. The predicted octanol–water partition coefficient (Wildman–Crippen LogP) is 1.01. The molecule has 0 spiro atoms. The maximum atomic E-state index is 11.5. The second-order valence-corrected chi connectivity index (χ2v) is 3.43. The van der Waals surface area contributed by atoms with E-state index in [2.05, 4.69) is 10.5 Å². The average molecular weight is 241 g/mol. The first kappa shape index (κ1) is 13.0. The molecule has 2 amide bonds. The summed E-state index contributed by atoms with van der Waals surface area (Å²) in [5, 5.41) is 6.10. The number of ether oxygens (including phenoxy) is 1. The van der Waals surface area contributed by atoms with E-state index in [-0.39, 0.29) is 19.1 Å². The van der Waals surface area contributed by atoms with Gasteiger partial charge in [0.05, 0.1) is 6.61 Å². The molecule has 1 aromatic rings. The highest BCUT2D eigenvalue weighted by Crippen LogP contribution is 2.06. The van der Waals surface area contributed by atoms with Crippen LogP contribution in [0.5, 0.6) is 0 Å². The lowest BCUT2D eigenvalue weighted by atomic mass is 10.4. The summed E-state index contributed by atoms with van der Waals surface area (Å²) in [5.41, 5.74) is 0. The zero-order valence-corrected chi connectivity index (χ0v) is 10.0. The van der Waals surface area contributed by atoms with Crippen LogP contribution in [0.2, 0.25) is 0 Å². The van der Waals surface area contributed by atoms with E-state index in [4.69, 9.17) is 9.26 Å². The highest BCUT2D eigenvalue weighted by atomic mass is 16.6. The topological polar surface area (TPSA) is 84.7 Å². The number of anilines is 1. The summed E-state index contributed by atoms with van der Waals surface area (Å²) in [5.74, 6) is 0.553. The van der Waals surface area contributed by atoms with Crippen molar-refractivity contribution in [2.75, 3.05) is 25.5 Å². The van der Waals surface area contributed by atoms with E-state index in [0.717, 1.165) is 0 Å². The smallest absolute Gasteiger partial charge is 0.409 e. The Morgan fingerprint density at radius 1 is 1.59 bits per heavy atom. The molecule has 0 bridgehead atoms. The van der Waals surface area contributed by atoms with Crippen LogP contribution in [-0.2, 0) is 9.53 Å². The van der Waals surface area contributed by atoms with Crippen molar-refractivity contribution < 1.29 is 18.8 Å². The Balaban J connectivity index is 2.41. The molecule has 0 unspecified atom stereocenters. The lowest BCUT2D eigenvalue weighted by Crippen LogP contribution is -2.35. The summed E-state index contributed by atoms with van der Waals surface area (Å²) in [6.45, 7) is 3.58. The van der Waals surface area contributed by atoms with Gasteiger partial charge in [0.1, 0.15) is 12.3 Å². The normalized spacial score (nSPS) is 9.82. The fourth-order valence-electron chi connectivity index (χ4n) is 1.12. The molecular formula is C10H15N3O4. The quantitative estimate of drug-likeness (QED) is 0.850. The first-order chi connectivity index (χ1) is 8.02. The molecule has 17 heavy (non-hydrogen) atoms. The molecule has 1 heterocycles. The van der Waals surface area contributed by atoms with E-state index in [0.29, 0.717) is 11.6 Å². The molecule has 0 fully saturated rings. The second kappa shape index (κ2) is 5.88. The Kier molecular flexibility index (Phi) is 4.50. The third-order valence-corrected chi connectivity index (χ3v) is 1.86. The molecule has 1 rings (SSSR count). The highest BCUT2D eigenvalue weighted by Gasteiger charge is 2.14. The van der Waals surface area contributed by atoms with Gasteiger partial charge in [0, 0.05) is 13.1 Å². The molecule has 0 aliphatic carbocycles. The third kappa shape index (κ3) is 4.13. The highest BCUT2D eigenvalue weighted by molar-refractivity contribution is 5.92. The molecule has 0 saturated heterocycles. The zero-order chi connectivity index (χ0) is 12.8. The molecule has 0 aliphatic heterocycles. The summed E-state index contributed by atoms with van der Waals surface area (Å²) in [4.78, 5) is 23.9. The van der Waals surface area contributed by atoms with Gasteiger partial charge in [-0.25, -0.2) is 4.79 Å². The van der Waals surface area contributed by atoms with Crippen molar-refractivity contribution in [2.24, 2.45) is 0 Å². The maximum absolute atomic E-state index is 11.5. The molecule has 0 atom stereocenters. The number of aryl methyl sites for hydroxylation is 1. The van der Waals surface area contributed by atoms with E-state index in [1.165, 1.54) is 11.9 Å². The molecule has 0 radical (unpaired) electrons. The van der Waals surface area contributed by atoms with Gasteiger partial charge in [-0.2, -0.15) is 0 Å². The Morgan fingerprint density at radius 2 is 2.29 bits per heavy atom. The van der Waals surface area contributed by atoms with E-state index >= 15 is 0 Å².